The van der Waals surface area contributed by atoms with Crippen molar-refractivity contribution in [2.24, 2.45) is 0 Å². The van der Waals surface area contributed by atoms with Gasteiger partial charge in [0.15, 0.2) is 18.3 Å². The third-order valence-electron chi connectivity index (χ3n) is 4.54. The van der Waals surface area contributed by atoms with Gasteiger partial charge in [0.2, 0.25) is 0 Å². The number of hydrogen-bond acceptors (Lipinski definition) is 5. The maximum absolute atomic E-state index is 12.5. The van der Waals surface area contributed by atoms with Gasteiger partial charge in [-0.05, 0) is 30.5 Å². The van der Waals surface area contributed by atoms with Crippen LogP contribution in [0.15, 0.2) is 83.7 Å². The first kappa shape index (κ1) is 18.4. The lowest BCUT2D eigenvalue weighted by atomic mass is 10.1. The summed E-state index contributed by atoms with van der Waals surface area (Å²) in [6, 6.07) is 20.1. The monoisotopic (exact) mass is 386 g/mol. The Labute approximate surface area is 167 Å². The van der Waals surface area contributed by atoms with Gasteiger partial charge in [0, 0.05) is 16.6 Å². The third kappa shape index (κ3) is 4.01. The molecule has 1 aromatic heterocycles. The maximum Gasteiger partial charge on any atom is 0.338 e. The Hall–Kier alpha value is -3.93. The second-order valence-electron chi connectivity index (χ2n) is 6.51. The number of carbonyl (C=O) groups is 2. The Morgan fingerprint density at radius 1 is 1.00 bits per heavy atom. The summed E-state index contributed by atoms with van der Waals surface area (Å²) in [7, 11) is 0. The van der Waals surface area contributed by atoms with Gasteiger partial charge in [0.25, 0.3) is 5.91 Å². The molecule has 4 aromatic rings. The van der Waals surface area contributed by atoms with Crippen molar-refractivity contribution in [3.63, 3.8) is 0 Å². The molecule has 0 aliphatic carbocycles. The van der Waals surface area contributed by atoms with Gasteiger partial charge in [-0.1, -0.05) is 48.5 Å². The summed E-state index contributed by atoms with van der Waals surface area (Å²) in [4.78, 5) is 28.8. The zero-order valence-corrected chi connectivity index (χ0v) is 15.7. The molecule has 1 amide bonds. The molecule has 0 spiro atoms. The van der Waals surface area contributed by atoms with Crippen molar-refractivity contribution in [3.05, 3.63) is 84.9 Å². The number of fused-ring (bicyclic) bond motifs is 1. The van der Waals surface area contributed by atoms with E-state index in [9.17, 15) is 9.59 Å². The summed E-state index contributed by atoms with van der Waals surface area (Å²) < 4.78 is 10.5. The van der Waals surface area contributed by atoms with Gasteiger partial charge in [-0.25, -0.2) is 9.78 Å². The number of rotatable bonds is 5. The molecule has 1 heterocycles. The number of oxazole rings is 1. The number of benzene rings is 3. The molecule has 6 nitrogen and oxygen atoms in total. The quantitative estimate of drug-likeness (QED) is 0.504. The van der Waals surface area contributed by atoms with Crippen LogP contribution in [0.1, 0.15) is 17.3 Å². The molecule has 6 heteroatoms. The molecule has 144 valence electrons. The third-order valence-corrected chi connectivity index (χ3v) is 4.54. The molecule has 0 fully saturated rings. The molecule has 0 aliphatic heterocycles. The van der Waals surface area contributed by atoms with Crippen LogP contribution in [0.3, 0.4) is 0 Å². The van der Waals surface area contributed by atoms with Crippen LogP contribution in [0, 0.1) is 0 Å². The molecule has 4 rings (SSSR count). The molecule has 3 aromatic carbocycles. The largest absolute Gasteiger partial charge is 0.449 e. The summed E-state index contributed by atoms with van der Waals surface area (Å²) in [6.07, 6.45) is 1.98. The van der Waals surface area contributed by atoms with E-state index in [0.717, 1.165) is 16.3 Å². The maximum atomic E-state index is 12.5. The van der Waals surface area contributed by atoms with Gasteiger partial charge in [-0.15, -0.1) is 0 Å². The predicted molar refractivity (Wildman–Crippen MR) is 109 cm³/mol. The average Bonchev–Trinajstić information content (AvgIpc) is 3.29. The van der Waals surface area contributed by atoms with Crippen molar-refractivity contribution >= 4 is 28.3 Å². The summed E-state index contributed by atoms with van der Waals surface area (Å²) in [5, 5.41) is 4.77. The molecule has 0 saturated heterocycles. The molecule has 1 atom stereocenters. The second-order valence-corrected chi connectivity index (χ2v) is 6.51. The van der Waals surface area contributed by atoms with Gasteiger partial charge in [0.05, 0.1) is 11.8 Å². The van der Waals surface area contributed by atoms with E-state index in [0.29, 0.717) is 17.0 Å². The normalized spacial score (nSPS) is 11.8. The van der Waals surface area contributed by atoms with Crippen molar-refractivity contribution < 1.29 is 18.7 Å². The number of nitrogens with zero attached hydrogens (tertiary/aromatic N) is 1. The summed E-state index contributed by atoms with van der Waals surface area (Å²) >= 11 is 0. The molecule has 1 unspecified atom stereocenters. The van der Waals surface area contributed by atoms with Crippen LogP contribution in [0.25, 0.3) is 22.1 Å². The van der Waals surface area contributed by atoms with Crippen LogP contribution >= 0.6 is 0 Å². The number of hydrogen-bond donors (Lipinski definition) is 1. The topological polar surface area (TPSA) is 81.4 Å². The second kappa shape index (κ2) is 7.98. The van der Waals surface area contributed by atoms with Crippen LogP contribution < -0.4 is 5.32 Å². The van der Waals surface area contributed by atoms with Gasteiger partial charge in [0.1, 0.15) is 0 Å². The SMILES string of the molecule is CC(OC(=O)c1ccc(-c2cnco2)cc1)C(=O)Nc1cccc2ccccc12. The van der Waals surface area contributed by atoms with Crippen molar-refractivity contribution in [1.29, 1.82) is 0 Å². The van der Waals surface area contributed by atoms with E-state index >= 15 is 0 Å². The Morgan fingerprint density at radius 2 is 1.76 bits per heavy atom. The fraction of sp³-hybridized carbons (Fsp3) is 0.0870. The van der Waals surface area contributed by atoms with E-state index in [2.05, 4.69) is 10.3 Å². The number of amides is 1. The number of nitrogens with one attached hydrogen (secondary N) is 1. The minimum absolute atomic E-state index is 0.345. The molecule has 1 N–H and O–H groups in total. The lowest BCUT2D eigenvalue weighted by Gasteiger charge is -2.15. The molecule has 0 saturated carbocycles. The van der Waals surface area contributed by atoms with Crippen molar-refractivity contribution in [1.82, 2.24) is 4.98 Å². The summed E-state index contributed by atoms with van der Waals surface area (Å²) in [5.74, 6) is -0.365. The molecule has 0 aliphatic rings. The lowest BCUT2D eigenvalue weighted by Crippen LogP contribution is -2.30. The fourth-order valence-electron chi connectivity index (χ4n) is 2.98. The predicted octanol–water partition coefficient (Wildman–Crippen LogP) is 4.68. The molecular formula is C23H18N2O4. The van der Waals surface area contributed by atoms with Gasteiger partial charge in [-0.3, -0.25) is 4.79 Å². The number of esters is 1. The number of anilines is 1. The highest BCUT2D eigenvalue weighted by molar-refractivity contribution is 6.04. The smallest absolute Gasteiger partial charge is 0.338 e. The van der Waals surface area contributed by atoms with E-state index in [1.807, 2.05) is 42.5 Å². The van der Waals surface area contributed by atoms with Crippen molar-refractivity contribution in [2.75, 3.05) is 5.32 Å². The van der Waals surface area contributed by atoms with Gasteiger partial charge >= 0.3 is 5.97 Å². The Kier molecular flexibility index (Phi) is 5.07. The van der Waals surface area contributed by atoms with E-state index < -0.39 is 18.0 Å². The van der Waals surface area contributed by atoms with Crippen LogP contribution in [-0.4, -0.2) is 23.0 Å². The number of carbonyl (C=O) groups excluding carboxylic acids is 2. The first-order valence-electron chi connectivity index (χ1n) is 9.10. The summed E-state index contributed by atoms with van der Waals surface area (Å²) in [5.41, 5.74) is 1.81. The highest BCUT2D eigenvalue weighted by Gasteiger charge is 2.20. The van der Waals surface area contributed by atoms with Gasteiger partial charge < -0.3 is 14.5 Å². The van der Waals surface area contributed by atoms with E-state index in [4.69, 9.17) is 9.15 Å². The average molecular weight is 386 g/mol. The zero-order chi connectivity index (χ0) is 20.2. The Morgan fingerprint density at radius 3 is 2.52 bits per heavy atom. The molecule has 29 heavy (non-hydrogen) atoms. The van der Waals surface area contributed by atoms with E-state index in [1.165, 1.54) is 6.39 Å². The van der Waals surface area contributed by atoms with Crippen LogP contribution in [0.2, 0.25) is 0 Å². The van der Waals surface area contributed by atoms with Gasteiger partial charge in [-0.2, -0.15) is 0 Å². The minimum atomic E-state index is -0.949. The molecule has 0 radical (unpaired) electrons. The molecular weight excluding hydrogens is 368 g/mol. The number of aromatic nitrogens is 1. The highest BCUT2D eigenvalue weighted by Crippen LogP contribution is 2.23. The first-order chi connectivity index (χ1) is 14.1. The minimum Gasteiger partial charge on any atom is -0.449 e. The van der Waals surface area contributed by atoms with Crippen molar-refractivity contribution in [2.45, 2.75) is 13.0 Å². The number of ether oxygens (including phenoxy) is 1. The fourth-order valence-corrected chi connectivity index (χ4v) is 2.98. The van der Waals surface area contributed by atoms with Crippen LogP contribution in [0.4, 0.5) is 5.69 Å². The highest BCUT2D eigenvalue weighted by atomic mass is 16.5. The Bertz CT molecular complexity index is 1150. The lowest BCUT2D eigenvalue weighted by molar-refractivity contribution is -0.123. The van der Waals surface area contributed by atoms with E-state index in [1.54, 1.807) is 37.4 Å². The first-order valence-corrected chi connectivity index (χ1v) is 9.10. The Balaban J connectivity index is 1.42. The van der Waals surface area contributed by atoms with E-state index in [-0.39, 0.29) is 0 Å². The zero-order valence-electron chi connectivity index (χ0n) is 15.7. The van der Waals surface area contributed by atoms with Crippen LogP contribution in [-0.2, 0) is 9.53 Å². The van der Waals surface area contributed by atoms with Crippen LogP contribution in [0.5, 0.6) is 0 Å². The standard InChI is InChI=1S/C23H18N2O4/c1-15(22(26)25-20-8-4-6-16-5-2-3-7-19(16)20)29-23(27)18-11-9-17(10-12-18)21-13-24-14-28-21/h2-15H,1H3,(H,25,26). The summed E-state index contributed by atoms with van der Waals surface area (Å²) in [6.45, 7) is 1.54. The van der Waals surface area contributed by atoms with Crippen molar-refractivity contribution in [3.8, 4) is 11.3 Å². The molecule has 0 bridgehead atoms.